The summed E-state index contributed by atoms with van der Waals surface area (Å²) < 4.78 is 0. The van der Waals surface area contributed by atoms with Gasteiger partial charge < -0.3 is 5.32 Å². The fraction of sp³-hybridized carbons (Fsp3) is 0.280. The van der Waals surface area contributed by atoms with Crippen molar-refractivity contribution in [3.63, 3.8) is 0 Å². The van der Waals surface area contributed by atoms with Crippen LogP contribution in [0.3, 0.4) is 0 Å². The molecule has 1 rings (SSSR count). The van der Waals surface area contributed by atoms with Crippen LogP contribution in [0.15, 0.2) is 94.2 Å². The Balaban J connectivity index is 2.90. The van der Waals surface area contributed by atoms with E-state index in [2.05, 4.69) is 62.7 Å². The topological polar surface area (TPSA) is 12.0 Å². The van der Waals surface area contributed by atoms with Crippen molar-refractivity contribution in [2.75, 3.05) is 6.54 Å². The first-order valence-corrected chi connectivity index (χ1v) is 10.2. The van der Waals surface area contributed by atoms with E-state index in [0.717, 1.165) is 29.7 Å². The summed E-state index contributed by atoms with van der Waals surface area (Å²) in [6, 6.07) is 8.52. The van der Waals surface area contributed by atoms with Crippen LogP contribution < -0.4 is 5.32 Å². The van der Waals surface area contributed by atoms with Gasteiger partial charge in [0, 0.05) is 17.3 Å². The van der Waals surface area contributed by atoms with Gasteiger partial charge in [0.15, 0.2) is 0 Å². The molecular weight excluding hydrogens is 385 g/mol. The van der Waals surface area contributed by atoms with Crippen LogP contribution in [0, 0.1) is 6.92 Å². The van der Waals surface area contributed by atoms with Crippen molar-refractivity contribution in [2.24, 2.45) is 0 Å². The average Bonchev–Trinajstić information content (AvgIpc) is 2.65. The minimum Gasteiger partial charge on any atom is -0.381 e. The predicted molar refractivity (Wildman–Crippen MR) is 127 cm³/mol. The molecule has 0 aliphatic heterocycles. The summed E-state index contributed by atoms with van der Waals surface area (Å²) >= 11 is 12.0. The Morgan fingerprint density at radius 2 is 1.82 bits per heavy atom. The van der Waals surface area contributed by atoms with E-state index in [0.29, 0.717) is 16.6 Å². The van der Waals surface area contributed by atoms with Crippen molar-refractivity contribution in [1.29, 1.82) is 0 Å². The van der Waals surface area contributed by atoms with Gasteiger partial charge in [-0.25, -0.2) is 0 Å². The molecule has 0 aliphatic rings. The molecule has 0 bridgehead atoms. The van der Waals surface area contributed by atoms with Gasteiger partial charge in [-0.3, -0.25) is 0 Å². The summed E-state index contributed by atoms with van der Waals surface area (Å²) in [6.07, 6.45) is 9.63. The molecule has 0 aromatic heterocycles. The van der Waals surface area contributed by atoms with Crippen LogP contribution in [0.5, 0.6) is 0 Å². The summed E-state index contributed by atoms with van der Waals surface area (Å²) in [6.45, 7) is 16.8. The standard InChI is InChI=1S/C25H31Cl2N/c1-7-8-13-24(20(4)14-15-23-12-10-9-11-19(23)3)22(6)28-17-18(2)16-25(27)21(5)26/h7-13,16,28H,1,6,14-15,17H2,2-5H3/b13-8-,18-16+,24-20-,25-21-. The highest BCUT2D eigenvalue weighted by atomic mass is 35.5. The lowest BCUT2D eigenvalue weighted by molar-refractivity contribution is 0.866. The van der Waals surface area contributed by atoms with Crippen molar-refractivity contribution >= 4 is 23.2 Å². The number of aryl methyl sites for hydroxylation is 2. The molecule has 0 unspecified atom stereocenters. The van der Waals surface area contributed by atoms with Gasteiger partial charge in [-0.1, -0.05) is 90.0 Å². The molecule has 0 heterocycles. The van der Waals surface area contributed by atoms with Crippen LogP contribution in [-0.4, -0.2) is 6.54 Å². The number of allylic oxidation sites excluding steroid dienone is 7. The van der Waals surface area contributed by atoms with E-state index in [-0.39, 0.29) is 0 Å². The maximum absolute atomic E-state index is 6.11. The van der Waals surface area contributed by atoms with Crippen LogP contribution in [0.25, 0.3) is 0 Å². The molecule has 0 radical (unpaired) electrons. The third-order valence-electron chi connectivity index (χ3n) is 4.50. The number of benzene rings is 1. The van der Waals surface area contributed by atoms with Crippen LogP contribution in [-0.2, 0) is 6.42 Å². The van der Waals surface area contributed by atoms with E-state index in [4.69, 9.17) is 23.2 Å². The zero-order valence-electron chi connectivity index (χ0n) is 17.4. The van der Waals surface area contributed by atoms with Gasteiger partial charge in [0.1, 0.15) is 0 Å². The second-order valence-corrected chi connectivity index (χ2v) is 7.89. The molecule has 0 fully saturated rings. The largest absolute Gasteiger partial charge is 0.381 e. The fourth-order valence-electron chi connectivity index (χ4n) is 2.72. The van der Waals surface area contributed by atoms with Gasteiger partial charge in [-0.2, -0.15) is 0 Å². The first kappa shape index (κ1) is 24.1. The van der Waals surface area contributed by atoms with Gasteiger partial charge in [0.2, 0.25) is 0 Å². The van der Waals surface area contributed by atoms with E-state index in [9.17, 15) is 0 Å². The summed E-state index contributed by atoms with van der Waals surface area (Å²) in [5.41, 5.74) is 7.07. The highest BCUT2D eigenvalue weighted by Gasteiger charge is 2.06. The second kappa shape index (κ2) is 12.5. The molecular formula is C25H31Cl2N. The Kier molecular flexibility index (Phi) is 10.7. The van der Waals surface area contributed by atoms with E-state index in [1.54, 1.807) is 13.0 Å². The summed E-state index contributed by atoms with van der Waals surface area (Å²) in [5, 5.41) is 4.54. The Morgan fingerprint density at radius 1 is 1.14 bits per heavy atom. The van der Waals surface area contributed by atoms with E-state index < -0.39 is 0 Å². The molecule has 0 atom stereocenters. The van der Waals surface area contributed by atoms with Gasteiger partial charge in [0.25, 0.3) is 0 Å². The second-order valence-electron chi connectivity index (χ2n) is 6.92. The minimum absolute atomic E-state index is 0.559. The predicted octanol–water partition coefficient (Wildman–Crippen LogP) is 7.75. The van der Waals surface area contributed by atoms with Crippen LogP contribution in [0.4, 0.5) is 0 Å². The maximum Gasteiger partial charge on any atom is 0.0548 e. The van der Waals surface area contributed by atoms with Crippen LogP contribution in [0.1, 0.15) is 38.3 Å². The lowest BCUT2D eigenvalue weighted by atomic mass is 9.97. The molecule has 0 saturated carbocycles. The van der Waals surface area contributed by atoms with Crippen LogP contribution >= 0.6 is 23.2 Å². The maximum atomic E-state index is 6.11. The molecule has 0 saturated heterocycles. The first-order valence-electron chi connectivity index (χ1n) is 9.41. The summed E-state index contributed by atoms with van der Waals surface area (Å²) in [4.78, 5) is 0. The SMILES string of the molecule is C=C/C=C\C(C(=C)NC/C(C)=C/C(Cl)=C(\C)Cl)=C(/C)CCc1ccccc1C. The Morgan fingerprint density at radius 3 is 2.43 bits per heavy atom. The van der Waals surface area contributed by atoms with Crippen molar-refractivity contribution < 1.29 is 0 Å². The fourth-order valence-corrected chi connectivity index (χ4v) is 2.96. The third kappa shape index (κ3) is 8.37. The molecule has 3 heteroatoms. The molecule has 1 nitrogen and oxygen atoms in total. The third-order valence-corrected chi connectivity index (χ3v) is 5.19. The molecule has 28 heavy (non-hydrogen) atoms. The van der Waals surface area contributed by atoms with Crippen LogP contribution in [0.2, 0.25) is 0 Å². The zero-order chi connectivity index (χ0) is 21.1. The molecule has 0 spiro atoms. The number of halogens is 2. The molecule has 1 aromatic rings. The average molecular weight is 416 g/mol. The zero-order valence-corrected chi connectivity index (χ0v) is 18.9. The van der Waals surface area contributed by atoms with Crippen molar-refractivity contribution in [3.8, 4) is 0 Å². The molecule has 1 N–H and O–H groups in total. The van der Waals surface area contributed by atoms with E-state index in [1.807, 2.05) is 19.1 Å². The van der Waals surface area contributed by atoms with Gasteiger partial charge in [-0.15, -0.1) is 0 Å². The number of rotatable bonds is 10. The number of nitrogens with one attached hydrogen (secondary N) is 1. The first-order chi connectivity index (χ1) is 13.3. The Hall–Kier alpha value is -1.96. The van der Waals surface area contributed by atoms with Crippen molar-refractivity contribution in [2.45, 2.75) is 40.5 Å². The minimum atomic E-state index is 0.559. The normalized spacial score (nSPS) is 13.9. The Bertz CT molecular complexity index is 819. The smallest absolute Gasteiger partial charge is 0.0548 e. The monoisotopic (exact) mass is 415 g/mol. The van der Waals surface area contributed by atoms with Crippen molar-refractivity contribution in [1.82, 2.24) is 5.32 Å². The van der Waals surface area contributed by atoms with Crippen molar-refractivity contribution in [3.05, 3.63) is 105 Å². The van der Waals surface area contributed by atoms with E-state index in [1.165, 1.54) is 16.7 Å². The summed E-state index contributed by atoms with van der Waals surface area (Å²) in [5.74, 6) is 0. The highest BCUT2D eigenvalue weighted by molar-refractivity contribution is 6.40. The van der Waals surface area contributed by atoms with Gasteiger partial charge in [0.05, 0.1) is 5.03 Å². The lowest BCUT2D eigenvalue weighted by Gasteiger charge is -2.15. The molecule has 150 valence electrons. The number of hydrogen-bond donors (Lipinski definition) is 1. The van der Waals surface area contributed by atoms with Gasteiger partial charge >= 0.3 is 0 Å². The Labute approximate surface area is 180 Å². The van der Waals surface area contributed by atoms with E-state index >= 15 is 0 Å². The molecule has 0 aliphatic carbocycles. The lowest BCUT2D eigenvalue weighted by Crippen LogP contribution is -2.17. The molecule has 1 aromatic carbocycles. The highest BCUT2D eigenvalue weighted by Crippen LogP contribution is 2.20. The quantitative estimate of drug-likeness (QED) is 0.385. The molecule has 0 amide bonds. The number of hydrogen-bond acceptors (Lipinski definition) is 1. The van der Waals surface area contributed by atoms with Gasteiger partial charge in [-0.05, 0) is 63.3 Å². The summed E-state index contributed by atoms with van der Waals surface area (Å²) in [7, 11) is 0.